The van der Waals surface area contributed by atoms with E-state index in [1.54, 1.807) is 29.2 Å². The number of guanidine groups is 1. The van der Waals surface area contributed by atoms with E-state index in [4.69, 9.17) is 4.99 Å². The third-order valence-corrected chi connectivity index (χ3v) is 6.45. The number of rotatable bonds is 4. The summed E-state index contributed by atoms with van der Waals surface area (Å²) in [7, 11) is 0. The maximum Gasteiger partial charge on any atom is 0.416 e. The molecule has 2 aromatic carbocycles. The van der Waals surface area contributed by atoms with E-state index in [0.29, 0.717) is 43.5 Å². The lowest BCUT2D eigenvalue weighted by atomic mass is 10.0. The highest BCUT2D eigenvalue weighted by Crippen LogP contribution is 2.41. The topological polar surface area (TPSA) is 72.3 Å². The van der Waals surface area contributed by atoms with Crippen molar-refractivity contribution in [3.05, 3.63) is 83.9 Å². The Labute approximate surface area is 210 Å². The number of pyridine rings is 1. The van der Waals surface area contributed by atoms with Crippen molar-refractivity contribution in [3.8, 4) is 0 Å². The summed E-state index contributed by atoms with van der Waals surface area (Å²) in [6.07, 6.45) is -3.43. The number of hydrogen-bond acceptors (Lipinski definition) is 6. The molecule has 3 heterocycles. The number of hydrogen-bond donors (Lipinski definition) is 1. The fourth-order valence-electron chi connectivity index (χ4n) is 4.70. The lowest BCUT2D eigenvalue weighted by Crippen LogP contribution is -2.55. The van der Waals surface area contributed by atoms with Crippen molar-refractivity contribution in [1.82, 2.24) is 9.88 Å². The minimum atomic E-state index is -4.57. The minimum Gasteiger partial charge on any atom is -0.481 e. The second-order valence-electron chi connectivity index (χ2n) is 8.80. The van der Waals surface area contributed by atoms with E-state index in [0.717, 1.165) is 17.8 Å². The monoisotopic (exact) mass is 513 g/mol. The van der Waals surface area contributed by atoms with Crippen LogP contribution in [0.5, 0.6) is 0 Å². The number of carbonyl (C=O) groups is 1. The fourth-order valence-corrected chi connectivity index (χ4v) is 4.70. The number of aliphatic imine (C=N–C) groups is 1. The van der Waals surface area contributed by atoms with Crippen molar-refractivity contribution in [3.63, 3.8) is 0 Å². The van der Waals surface area contributed by atoms with Crippen molar-refractivity contribution in [2.75, 3.05) is 36.0 Å². The SMILES string of the molecule is O=C(O)CC1c2ncccc2N=C(N2CCN(c3ccc(F)cc3)CC2)N1c1cccc(C(F)(F)F)c1. The summed E-state index contributed by atoms with van der Waals surface area (Å²) in [5, 5.41) is 9.70. The van der Waals surface area contributed by atoms with Crippen LogP contribution in [0.3, 0.4) is 0 Å². The van der Waals surface area contributed by atoms with Gasteiger partial charge in [-0.05, 0) is 54.6 Å². The summed E-state index contributed by atoms with van der Waals surface area (Å²) in [6, 6.07) is 13.5. The first-order valence-corrected chi connectivity index (χ1v) is 11.7. The number of halogens is 4. The quantitative estimate of drug-likeness (QED) is 0.491. The molecule has 0 amide bonds. The molecule has 0 aliphatic carbocycles. The van der Waals surface area contributed by atoms with Gasteiger partial charge in [0.2, 0.25) is 5.96 Å². The number of carboxylic acid groups (broad SMARTS) is 1. The Kier molecular flexibility index (Phi) is 6.45. The number of carboxylic acids is 1. The van der Waals surface area contributed by atoms with Gasteiger partial charge in [-0.3, -0.25) is 9.78 Å². The predicted octanol–water partition coefficient (Wildman–Crippen LogP) is 5.09. The van der Waals surface area contributed by atoms with Gasteiger partial charge in [0.05, 0.1) is 29.4 Å². The van der Waals surface area contributed by atoms with Crippen LogP contribution in [0.4, 0.5) is 34.6 Å². The van der Waals surface area contributed by atoms with E-state index >= 15 is 0 Å². The average Bonchev–Trinajstić information content (AvgIpc) is 2.88. The molecule has 1 aromatic heterocycles. The van der Waals surface area contributed by atoms with Gasteiger partial charge in [0.25, 0.3) is 0 Å². The Morgan fingerprint density at radius 1 is 0.946 bits per heavy atom. The lowest BCUT2D eigenvalue weighted by molar-refractivity contribution is -0.138. The predicted molar refractivity (Wildman–Crippen MR) is 130 cm³/mol. The van der Waals surface area contributed by atoms with Gasteiger partial charge >= 0.3 is 12.1 Å². The molecule has 1 fully saturated rings. The van der Waals surface area contributed by atoms with Crippen LogP contribution < -0.4 is 9.80 Å². The van der Waals surface area contributed by atoms with Crippen molar-refractivity contribution in [2.45, 2.75) is 18.6 Å². The fraction of sp³-hybridized carbons (Fsp3) is 0.269. The van der Waals surface area contributed by atoms with Crippen molar-refractivity contribution >= 4 is 29.0 Å². The molecule has 37 heavy (non-hydrogen) atoms. The number of benzene rings is 2. The van der Waals surface area contributed by atoms with E-state index in [1.807, 2.05) is 4.90 Å². The lowest BCUT2D eigenvalue weighted by Gasteiger charge is -2.44. The highest BCUT2D eigenvalue weighted by atomic mass is 19.4. The zero-order chi connectivity index (χ0) is 26.2. The highest BCUT2D eigenvalue weighted by Gasteiger charge is 2.38. The van der Waals surface area contributed by atoms with Crippen LogP contribution in [-0.4, -0.2) is 53.1 Å². The second-order valence-corrected chi connectivity index (χ2v) is 8.80. The number of alkyl halides is 3. The maximum absolute atomic E-state index is 13.6. The number of anilines is 2. The standard InChI is InChI=1S/C26H23F4N5O2/c27-18-6-8-19(9-7-18)33-11-13-34(14-12-33)25-32-21-5-2-10-31-24(21)22(16-23(36)37)35(25)20-4-1-3-17(15-20)26(28,29)30/h1-10,15,22H,11-14,16H2,(H,36,37). The number of piperazine rings is 1. The molecule has 7 nitrogen and oxygen atoms in total. The first-order chi connectivity index (χ1) is 17.7. The van der Waals surface area contributed by atoms with E-state index in [9.17, 15) is 27.5 Å². The zero-order valence-corrected chi connectivity index (χ0v) is 19.6. The second kappa shape index (κ2) is 9.72. The van der Waals surface area contributed by atoms with E-state index in [2.05, 4.69) is 9.88 Å². The Morgan fingerprint density at radius 3 is 2.32 bits per heavy atom. The molecule has 1 atom stereocenters. The largest absolute Gasteiger partial charge is 0.481 e. The molecule has 1 saturated heterocycles. The molecule has 1 N–H and O–H groups in total. The zero-order valence-electron chi connectivity index (χ0n) is 19.6. The van der Waals surface area contributed by atoms with Gasteiger partial charge in [0.1, 0.15) is 5.82 Å². The Hall–Kier alpha value is -4.15. The summed E-state index contributed by atoms with van der Waals surface area (Å²) < 4.78 is 54.1. The van der Waals surface area contributed by atoms with Gasteiger partial charge in [-0.2, -0.15) is 13.2 Å². The molecule has 0 bridgehead atoms. The molecular formula is C26H23F4N5O2. The number of aliphatic carboxylic acids is 1. The molecule has 11 heteroatoms. The molecule has 5 rings (SSSR count). The van der Waals surface area contributed by atoms with Crippen LogP contribution in [-0.2, 0) is 11.0 Å². The molecule has 192 valence electrons. The highest BCUT2D eigenvalue weighted by molar-refractivity contribution is 6.01. The number of fused-ring (bicyclic) bond motifs is 1. The number of nitrogens with zero attached hydrogens (tertiary/aromatic N) is 5. The molecule has 0 saturated carbocycles. The summed E-state index contributed by atoms with van der Waals surface area (Å²) >= 11 is 0. The minimum absolute atomic E-state index is 0.178. The van der Waals surface area contributed by atoms with Gasteiger partial charge in [0.15, 0.2) is 0 Å². The van der Waals surface area contributed by atoms with Crippen LogP contribution in [0.15, 0.2) is 71.9 Å². The Bertz CT molecular complexity index is 1320. The summed E-state index contributed by atoms with van der Waals surface area (Å²) in [5.41, 5.74) is 1.06. The molecule has 1 unspecified atom stereocenters. The molecule has 0 radical (unpaired) electrons. The molecule has 0 spiro atoms. The van der Waals surface area contributed by atoms with E-state index in [-0.39, 0.29) is 17.9 Å². The molecule has 2 aliphatic heterocycles. The Morgan fingerprint density at radius 2 is 1.65 bits per heavy atom. The average molecular weight is 513 g/mol. The summed E-state index contributed by atoms with van der Waals surface area (Å²) in [4.78, 5) is 26.5. The molecular weight excluding hydrogens is 490 g/mol. The van der Waals surface area contributed by atoms with Gasteiger partial charge in [0, 0.05) is 43.8 Å². The molecule has 3 aromatic rings. The third-order valence-electron chi connectivity index (χ3n) is 6.45. The van der Waals surface area contributed by atoms with Gasteiger partial charge in [-0.15, -0.1) is 0 Å². The van der Waals surface area contributed by atoms with Gasteiger partial charge < -0.3 is 19.8 Å². The Balaban J connectivity index is 1.53. The van der Waals surface area contributed by atoms with Crippen LogP contribution >= 0.6 is 0 Å². The van der Waals surface area contributed by atoms with Crippen molar-refractivity contribution in [1.29, 1.82) is 0 Å². The van der Waals surface area contributed by atoms with Crippen LogP contribution in [0, 0.1) is 5.82 Å². The normalized spacial score (nSPS) is 17.9. The first-order valence-electron chi connectivity index (χ1n) is 11.7. The summed E-state index contributed by atoms with van der Waals surface area (Å²) in [6.45, 7) is 2.07. The smallest absolute Gasteiger partial charge is 0.416 e. The maximum atomic E-state index is 13.6. The number of aromatic nitrogens is 1. The van der Waals surface area contributed by atoms with Crippen molar-refractivity contribution in [2.24, 2.45) is 4.99 Å². The van der Waals surface area contributed by atoms with Crippen LogP contribution in [0.1, 0.15) is 23.7 Å². The third kappa shape index (κ3) is 5.07. The van der Waals surface area contributed by atoms with E-state index in [1.165, 1.54) is 30.5 Å². The van der Waals surface area contributed by atoms with Gasteiger partial charge in [-0.1, -0.05) is 6.07 Å². The van der Waals surface area contributed by atoms with Crippen LogP contribution in [0.25, 0.3) is 0 Å². The molecule has 2 aliphatic rings. The summed E-state index contributed by atoms with van der Waals surface area (Å²) in [5.74, 6) is -1.07. The van der Waals surface area contributed by atoms with E-state index < -0.39 is 23.8 Å². The van der Waals surface area contributed by atoms with Gasteiger partial charge in [-0.25, -0.2) is 9.38 Å². The first kappa shape index (κ1) is 24.5. The van der Waals surface area contributed by atoms with Crippen LogP contribution in [0.2, 0.25) is 0 Å². The van der Waals surface area contributed by atoms with Crippen molar-refractivity contribution < 1.29 is 27.5 Å².